The van der Waals surface area contributed by atoms with Gasteiger partial charge in [0, 0.05) is 36.8 Å². The van der Waals surface area contributed by atoms with Gasteiger partial charge in [-0.2, -0.15) is 0 Å². The maximum Gasteiger partial charge on any atom is 0.264 e. The summed E-state index contributed by atoms with van der Waals surface area (Å²) in [4.78, 5) is 37.1. The summed E-state index contributed by atoms with van der Waals surface area (Å²) in [5.74, 6) is 0.589. The summed E-state index contributed by atoms with van der Waals surface area (Å²) in [6, 6.07) is 3.52. The van der Waals surface area contributed by atoms with E-state index in [1.54, 1.807) is 45.4 Å². The lowest BCUT2D eigenvalue weighted by Crippen LogP contribution is -2.32. The smallest absolute Gasteiger partial charge is 0.264 e. The topological polar surface area (TPSA) is 105 Å². The molecule has 0 aliphatic carbocycles. The Morgan fingerprint density at radius 2 is 2.12 bits per heavy atom. The quantitative estimate of drug-likeness (QED) is 0.776. The molecule has 0 fully saturated rings. The van der Waals surface area contributed by atoms with E-state index in [1.807, 2.05) is 0 Å². The fourth-order valence-electron chi connectivity index (χ4n) is 2.44. The van der Waals surface area contributed by atoms with Crippen LogP contribution < -0.4 is 5.56 Å². The summed E-state index contributed by atoms with van der Waals surface area (Å²) in [7, 11) is 1.61. The summed E-state index contributed by atoms with van der Waals surface area (Å²) in [6.45, 7) is 3.88. The molecule has 1 N–H and O–H groups in total. The summed E-state index contributed by atoms with van der Waals surface area (Å²) in [5.41, 5.74) is 1.69. The van der Waals surface area contributed by atoms with E-state index in [9.17, 15) is 9.59 Å². The Morgan fingerprint density at radius 3 is 2.72 bits per heavy atom. The SMILES string of the molecule is Cc1noc(C)c1CN(C)C(=O)c1cnc(-c2cccnc2)[nH]c1=O. The van der Waals surface area contributed by atoms with Crippen LogP contribution in [0.15, 0.2) is 40.0 Å². The first-order valence-electron chi connectivity index (χ1n) is 7.64. The van der Waals surface area contributed by atoms with E-state index < -0.39 is 11.5 Å². The first-order chi connectivity index (χ1) is 12.0. The van der Waals surface area contributed by atoms with Crippen LogP contribution in [0.2, 0.25) is 0 Å². The molecule has 25 heavy (non-hydrogen) atoms. The van der Waals surface area contributed by atoms with Crippen LogP contribution in [0.1, 0.15) is 27.4 Å². The highest BCUT2D eigenvalue weighted by Crippen LogP contribution is 2.15. The van der Waals surface area contributed by atoms with Gasteiger partial charge in [0.2, 0.25) is 0 Å². The third-order valence-corrected chi connectivity index (χ3v) is 3.89. The number of aromatic amines is 1. The molecular weight excluding hydrogens is 322 g/mol. The zero-order valence-electron chi connectivity index (χ0n) is 14.1. The predicted molar refractivity (Wildman–Crippen MR) is 89.9 cm³/mol. The van der Waals surface area contributed by atoms with Gasteiger partial charge in [0.05, 0.1) is 12.2 Å². The van der Waals surface area contributed by atoms with Crippen molar-refractivity contribution in [1.82, 2.24) is 25.0 Å². The van der Waals surface area contributed by atoms with Crippen LogP contribution in [0.25, 0.3) is 11.4 Å². The predicted octanol–water partition coefficient (Wildman–Crippen LogP) is 1.71. The van der Waals surface area contributed by atoms with Crippen LogP contribution in [-0.4, -0.2) is 38.0 Å². The Balaban J connectivity index is 1.84. The molecule has 3 heterocycles. The number of hydrogen-bond acceptors (Lipinski definition) is 6. The van der Waals surface area contributed by atoms with Crippen LogP contribution in [0.3, 0.4) is 0 Å². The van der Waals surface area contributed by atoms with Gasteiger partial charge >= 0.3 is 0 Å². The van der Waals surface area contributed by atoms with E-state index >= 15 is 0 Å². The molecule has 1 amide bonds. The normalized spacial score (nSPS) is 10.7. The summed E-state index contributed by atoms with van der Waals surface area (Å²) >= 11 is 0. The van der Waals surface area contributed by atoms with Crippen molar-refractivity contribution in [3.05, 3.63) is 63.7 Å². The number of rotatable bonds is 4. The van der Waals surface area contributed by atoms with Crippen LogP contribution in [-0.2, 0) is 6.54 Å². The van der Waals surface area contributed by atoms with E-state index in [4.69, 9.17) is 4.52 Å². The lowest BCUT2D eigenvalue weighted by Gasteiger charge is -2.16. The van der Waals surface area contributed by atoms with Gasteiger partial charge in [0.15, 0.2) is 0 Å². The maximum absolute atomic E-state index is 12.6. The average Bonchev–Trinajstić information content (AvgIpc) is 2.93. The molecule has 128 valence electrons. The van der Waals surface area contributed by atoms with E-state index in [1.165, 1.54) is 11.1 Å². The number of aryl methyl sites for hydroxylation is 2. The molecule has 0 saturated heterocycles. The molecule has 3 aromatic heterocycles. The van der Waals surface area contributed by atoms with Crippen molar-refractivity contribution in [3.8, 4) is 11.4 Å². The molecule has 0 aliphatic heterocycles. The zero-order valence-corrected chi connectivity index (χ0v) is 14.1. The molecule has 0 saturated carbocycles. The van der Waals surface area contributed by atoms with Crippen molar-refractivity contribution >= 4 is 5.91 Å². The number of hydrogen-bond donors (Lipinski definition) is 1. The second kappa shape index (κ2) is 6.68. The van der Waals surface area contributed by atoms with E-state index in [0.29, 0.717) is 23.7 Å². The number of nitrogens with one attached hydrogen (secondary N) is 1. The number of carbonyl (C=O) groups excluding carboxylic acids is 1. The number of amides is 1. The molecule has 0 radical (unpaired) electrons. The summed E-state index contributed by atoms with van der Waals surface area (Å²) < 4.78 is 5.10. The first kappa shape index (κ1) is 16.6. The molecule has 0 spiro atoms. The number of carbonyl (C=O) groups is 1. The number of H-pyrrole nitrogens is 1. The van der Waals surface area contributed by atoms with E-state index in [-0.39, 0.29) is 5.56 Å². The Hall–Kier alpha value is -3.29. The van der Waals surface area contributed by atoms with Gasteiger partial charge in [-0.3, -0.25) is 14.6 Å². The fraction of sp³-hybridized carbons (Fsp3) is 0.235. The van der Waals surface area contributed by atoms with Crippen molar-refractivity contribution in [2.24, 2.45) is 0 Å². The third kappa shape index (κ3) is 3.32. The Labute approximate surface area is 143 Å². The highest BCUT2D eigenvalue weighted by molar-refractivity contribution is 5.93. The van der Waals surface area contributed by atoms with Crippen molar-refractivity contribution < 1.29 is 9.32 Å². The molecular formula is C17H17N5O3. The van der Waals surface area contributed by atoms with Gasteiger partial charge in [0.25, 0.3) is 11.5 Å². The lowest BCUT2D eigenvalue weighted by molar-refractivity contribution is 0.0782. The second-order valence-corrected chi connectivity index (χ2v) is 5.68. The zero-order chi connectivity index (χ0) is 18.0. The lowest BCUT2D eigenvalue weighted by atomic mass is 10.2. The molecule has 8 nitrogen and oxygen atoms in total. The maximum atomic E-state index is 12.6. The average molecular weight is 339 g/mol. The van der Waals surface area contributed by atoms with Gasteiger partial charge < -0.3 is 14.4 Å². The Morgan fingerprint density at radius 1 is 1.32 bits per heavy atom. The van der Waals surface area contributed by atoms with Gasteiger partial charge in [-0.25, -0.2) is 4.98 Å². The number of aromatic nitrogens is 4. The molecule has 0 atom stereocenters. The number of nitrogens with zero attached hydrogens (tertiary/aromatic N) is 4. The minimum Gasteiger partial charge on any atom is -0.361 e. The van der Waals surface area contributed by atoms with Crippen LogP contribution in [0.5, 0.6) is 0 Å². The summed E-state index contributed by atoms with van der Waals surface area (Å²) in [5, 5.41) is 3.86. The van der Waals surface area contributed by atoms with Crippen molar-refractivity contribution in [2.75, 3.05) is 7.05 Å². The van der Waals surface area contributed by atoms with Crippen molar-refractivity contribution in [2.45, 2.75) is 20.4 Å². The summed E-state index contributed by atoms with van der Waals surface area (Å²) in [6.07, 6.45) is 4.50. The van der Waals surface area contributed by atoms with Gasteiger partial charge in [-0.15, -0.1) is 0 Å². The van der Waals surface area contributed by atoms with Crippen molar-refractivity contribution in [1.29, 1.82) is 0 Å². The van der Waals surface area contributed by atoms with E-state index in [0.717, 1.165) is 11.3 Å². The minimum absolute atomic E-state index is 0.0260. The fourth-order valence-corrected chi connectivity index (χ4v) is 2.44. The van der Waals surface area contributed by atoms with Crippen LogP contribution >= 0.6 is 0 Å². The minimum atomic E-state index is -0.496. The standard InChI is InChI=1S/C17H17N5O3/c1-10-14(11(2)25-21-10)9-22(3)17(24)13-8-19-15(20-16(13)23)12-5-4-6-18-7-12/h4-8H,9H2,1-3H3,(H,19,20,23). The molecule has 3 aromatic rings. The molecule has 8 heteroatoms. The first-order valence-corrected chi connectivity index (χ1v) is 7.64. The molecule has 3 rings (SSSR count). The van der Waals surface area contributed by atoms with Gasteiger partial charge in [-0.05, 0) is 26.0 Å². The molecule has 0 bridgehead atoms. The highest BCUT2D eigenvalue weighted by atomic mass is 16.5. The largest absolute Gasteiger partial charge is 0.361 e. The number of pyridine rings is 1. The van der Waals surface area contributed by atoms with Crippen LogP contribution in [0, 0.1) is 13.8 Å². The van der Waals surface area contributed by atoms with Gasteiger partial charge in [0.1, 0.15) is 17.1 Å². The van der Waals surface area contributed by atoms with Crippen molar-refractivity contribution in [3.63, 3.8) is 0 Å². The molecule has 0 aliphatic rings. The molecule has 0 unspecified atom stereocenters. The monoisotopic (exact) mass is 339 g/mol. The van der Waals surface area contributed by atoms with Gasteiger partial charge in [-0.1, -0.05) is 5.16 Å². The highest BCUT2D eigenvalue weighted by Gasteiger charge is 2.20. The second-order valence-electron chi connectivity index (χ2n) is 5.68. The Kier molecular flexibility index (Phi) is 4.42. The Bertz CT molecular complexity index is 942. The van der Waals surface area contributed by atoms with E-state index in [2.05, 4.69) is 20.1 Å². The molecule has 0 aromatic carbocycles. The third-order valence-electron chi connectivity index (χ3n) is 3.89. The van der Waals surface area contributed by atoms with Crippen LogP contribution in [0.4, 0.5) is 0 Å².